The van der Waals surface area contributed by atoms with E-state index in [9.17, 15) is 29.1 Å². The third kappa shape index (κ3) is 31.4. The number of rotatable bonds is 35. The molecule has 0 fully saturated rings. The highest BCUT2D eigenvalue weighted by molar-refractivity contribution is 5.84. The average molecular weight is 659 g/mol. The molecule has 4 N–H and O–H groups in total. The maximum atomic E-state index is 12.2. The Kier molecular flexibility index (Phi) is 31.8. The molecule has 0 aliphatic carbocycles. The number of nitrogens with one attached hydrogen (secondary N) is 3. The van der Waals surface area contributed by atoms with E-state index >= 15 is 0 Å². The van der Waals surface area contributed by atoms with Crippen LogP contribution in [0.4, 0.5) is 0 Å². The third-order valence-electron chi connectivity index (χ3n) is 7.08. The fraction of sp³-hybridized carbons (Fsp3) is 0.848. The van der Waals surface area contributed by atoms with Crippen molar-refractivity contribution in [1.29, 1.82) is 0 Å². The van der Waals surface area contributed by atoms with Crippen LogP contribution in [0.3, 0.4) is 0 Å². The summed E-state index contributed by atoms with van der Waals surface area (Å²) >= 11 is 0. The van der Waals surface area contributed by atoms with E-state index in [1.165, 1.54) is 64.2 Å². The molecule has 0 aliphatic rings. The maximum Gasteiger partial charge on any atom is 0.326 e. The third-order valence-corrected chi connectivity index (χ3v) is 7.08. The first kappa shape index (κ1) is 43.4. The molecular weight excluding hydrogens is 598 g/mol. The Morgan fingerprint density at radius 3 is 1.65 bits per heavy atom. The summed E-state index contributed by atoms with van der Waals surface area (Å²) in [5.41, 5.74) is 0. The van der Waals surface area contributed by atoms with E-state index in [0.29, 0.717) is 19.8 Å². The predicted molar refractivity (Wildman–Crippen MR) is 174 cm³/mol. The molecule has 0 rings (SSSR count). The van der Waals surface area contributed by atoms with Gasteiger partial charge < -0.3 is 40.0 Å². The molecule has 0 aromatic heterocycles. The molecule has 1 atom stereocenters. The van der Waals surface area contributed by atoms with Crippen LogP contribution in [0.25, 0.3) is 0 Å². The molecule has 0 bridgehead atoms. The zero-order valence-electron chi connectivity index (χ0n) is 28.1. The van der Waals surface area contributed by atoms with Gasteiger partial charge in [-0.25, -0.2) is 4.79 Å². The SMILES string of the molecule is CCCCCCCCCCCCCCCC(=O)NC(CCC(=O)NCCOCCOCC(=O)NCCOCCOC[C]=O)C(=O)O. The lowest BCUT2D eigenvalue weighted by Gasteiger charge is -2.14. The zero-order valence-corrected chi connectivity index (χ0v) is 28.1. The number of unbranched alkanes of at least 4 members (excludes halogenated alkanes) is 12. The highest BCUT2D eigenvalue weighted by Crippen LogP contribution is 2.13. The van der Waals surface area contributed by atoms with Gasteiger partial charge in [-0.3, -0.25) is 19.2 Å². The van der Waals surface area contributed by atoms with Crippen LogP contribution in [0, 0.1) is 0 Å². The summed E-state index contributed by atoms with van der Waals surface area (Å²) in [6.45, 7) is 4.13. The summed E-state index contributed by atoms with van der Waals surface area (Å²) in [6.07, 6.45) is 17.6. The summed E-state index contributed by atoms with van der Waals surface area (Å²) in [5.74, 6) is -2.08. The molecule has 267 valence electrons. The average Bonchev–Trinajstić information content (AvgIpc) is 3.03. The second kappa shape index (κ2) is 33.7. The monoisotopic (exact) mass is 658 g/mol. The molecule has 46 heavy (non-hydrogen) atoms. The van der Waals surface area contributed by atoms with Gasteiger partial charge in [-0.2, -0.15) is 0 Å². The number of carbonyl (C=O) groups excluding carboxylic acids is 4. The molecule has 0 aromatic rings. The van der Waals surface area contributed by atoms with Gasteiger partial charge in [0.25, 0.3) is 0 Å². The van der Waals surface area contributed by atoms with E-state index in [0.717, 1.165) is 19.3 Å². The molecule has 0 aromatic carbocycles. The lowest BCUT2D eigenvalue weighted by Crippen LogP contribution is -2.41. The van der Waals surface area contributed by atoms with Gasteiger partial charge in [0.15, 0.2) is 0 Å². The van der Waals surface area contributed by atoms with Gasteiger partial charge in [-0.05, 0) is 12.8 Å². The molecule has 0 aliphatic heterocycles. The number of carboxylic acid groups (broad SMARTS) is 1. The molecular formula is C33H60N3O10. The van der Waals surface area contributed by atoms with Crippen LogP contribution < -0.4 is 16.0 Å². The number of carboxylic acids is 1. The van der Waals surface area contributed by atoms with Crippen LogP contribution in [-0.2, 0) is 42.9 Å². The van der Waals surface area contributed by atoms with Crippen molar-refractivity contribution in [3.8, 4) is 0 Å². The van der Waals surface area contributed by atoms with Crippen molar-refractivity contribution in [3.63, 3.8) is 0 Å². The van der Waals surface area contributed by atoms with Gasteiger partial charge in [0, 0.05) is 25.9 Å². The van der Waals surface area contributed by atoms with Crippen LogP contribution in [0.1, 0.15) is 110 Å². The molecule has 1 radical (unpaired) electrons. The fourth-order valence-corrected chi connectivity index (χ4v) is 4.49. The van der Waals surface area contributed by atoms with Crippen molar-refractivity contribution in [3.05, 3.63) is 0 Å². The molecule has 13 nitrogen and oxygen atoms in total. The predicted octanol–water partition coefficient (Wildman–Crippen LogP) is 3.23. The van der Waals surface area contributed by atoms with Crippen molar-refractivity contribution >= 4 is 30.0 Å². The van der Waals surface area contributed by atoms with Crippen LogP contribution in [-0.4, -0.2) is 107 Å². The Bertz CT molecular complexity index is 785. The van der Waals surface area contributed by atoms with E-state index < -0.39 is 12.0 Å². The van der Waals surface area contributed by atoms with Gasteiger partial charge in [0.1, 0.15) is 19.3 Å². The first-order chi connectivity index (χ1) is 22.4. The molecule has 0 spiro atoms. The summed E-state index contributed by atoms with van der Waals surface area (Å²) < 4.78 is 20.7. The quantitative estimate of drug-likeness (QED) is 0.0739. The molecule has 1 unspecified atom stereocenters. The second-order valence-electron chi connectivity index (χ2n) is 11.2. The Balaban J connectivity index is 3.69. The van der Waals surface area contributed by atoms with E-state index in [1.807, 2.05) is 0 Å². The van der Waals surface area contributed by atoms with Crippen LogP contribution in [0.15, 0.2) is 0 Å². The van der Waals surface area contributed by atoms with Crippen molar-refractivity contribution in [2.45, 2.75) is 116 Å². The minimum absolute atomic E-state index is 0.00305. The molecule has 0 saturated heterocycles. The normalized spacial score (nSPS) is 11.6. The van der Waals surface area contributed by atoms with Crippen molar-refractivity contribution in [1.82, 2.24) is 16.0 Å². The van der Waals surface area contributed by atoms with Gasteiger partial charge >= 0.3 is 5.97 Å². The van der Waals surface area contributed by atoms with E-state index in [-0.39, 0.29) is 83.2 Å². The first-order valence-corrected chi connectivity index (χ1v) is 17.1. The Morgan fingerprint density at radius 1 is 0.609 bits per heavy atom. The lowest BCUT2D eigenvalue weighted by molar-refractivity contribution is -0.142. The minimum atomic E-state index is -1.16. The molecule has 3 amide bonds. The first-order valence-electron chi connectivity index (χ1n) is 17.1. The number of hydrogen-bond acceptors (Lipinski definition) is 9. The maximum absolute atomic E-state index is 12.2. The lowest BCUT2D eigenvalue weighted by atomic mass is 10.0. The number of hydrogen-bond donors (Lipinski definition) is 4. The van der Waals surface area contributed by atoms with Gasteiger partial charge in [-0.1, -0.05) is 84.0 Å². The Hall–Kier alpha value is -2.61. The highest BCUT2D eigenvalue weighted by atomic mass is 16.5. The summed E-state index contributed by atoms with van der Waals surface area (Å²) in [4.78, 5) is 57.5. The Morgan fingerprint density at radius 2 is 1.11 bits per heavy atom. The largest absolute Gasteiger partial charge is 0.480 e. The minimum Gasteiger partial charge on any atom is -0.480 e. The van der Waals surface area contributed by atoms with Crippen LogP contribution in [0.2, 0.25) is 0 Å². The van der Waals surface area contributed by atoms with Crippen molar-refractivity contribution in [2.24, 2.45) is 0 Å². The number of ether oxygens (including phenoxy) is 4. The summed E-state index contributed by atoms with van der Waals surface area (Å²) in [6, 6.07) is -1.11. The number of carbonyl (C=O) groups is 4. The number of amides is 3. The van der Waals surface area contributed by atoms with Gasteiger partial charge in [-0.15, -0.1) is 0 Å². The fourth-order valence-electron chi connectivity index (χ4n) is 4.49. The smallest absolute Gasteiger partial charge is 0.326 e. The van der Waals surface area contributed by atoms with E-state index in [1.54, 1.807) is 6.29 Å². The van der Waals surface area contributed by atoms with E-state index in [4.69, 9.17) is 18.9 Å². The topological polar surface area (TPSA) is 179 Å². The van der Waals surface area contributed by atoms with Crippen LogP contribution in [0.5, 0.6) is 0 Å². The highest BCUT2D eigenvalue weighted by Gasteiger charge is 2.20. The van der Waals surface area contributed by atoms with Crippen molar-refractivity contribution < 1.29 is 48.0 Å². The summed E-state index contributed by atoms with van der Waals surface area (Å²) in [7, 11) is 0. The molecule has 13 heteroatoms. The van der Waals surface area contributed by atoms with E-state index in [2.05, 4.69) is 22.9 Å². The van der Waals surface area contributed by atoms with Crippen molar-refractivity contribution in [2.75, 3.05) is 65.9 Å². The summed E-state index contributed by atoms with van der Waals surface area (Å²) in [5, 5.41) is 17.3. The van der Waals surface area contributed by atoms with Gasteiger partial charge in [0.2, 0.25) is 24.0 Å². The second-order valence-corrected chi connectivity index (χ2v) is 11.2. The Labute approximate surface area is 275 Å². The standard InChI is InChI=1S/C33H60N3O10/c1-2-3-4-5-6-7-8-9-10-11-12-13-14-15-31(39)36-29(33(41)42)16-17-30(38)34-18-21-44-26-27-46-28-32(40)35-19-22-43-24-25-45-23-20-37/h29H,2-19,21-28H2,1H3,(H,34,38)(H,35,40)(H,36,39)(H,41,42). The zero-order chi connectivity index (χ0) is 33.9. The number of aliphatic carboxylic acids is 1. The molecule has 0 saturated carbocycles. The van der Waals surface area contributed by atoms with Crippen LogP contribution >= 0.6 is 0 Å². The molecule has 0 heterocycles. The van der Waals surface area contributed by atoms with Gasteiger partial charge in [0.05, 0.1) is 39.6 Å².